The first-order valence-electron chi connectivity index (χ1n) is 5.86. The summed E-state index contributed by atoms with van der Waals surface area (Å²) in [6.45, 7) is 2.04. The highest BCUT2D eigenvalue weighted by Gasteiger charge is 2.44. The van der Waals surface area contributed by atoms with Crippen LogP contribution in [0.5, 0.6) is 0 Å². The molecule has 0 radical (unpaired) electrons. The topological polar surface area (TPSA) is 32.3 Å². The smallest absolute Gasteiger partial charge is 0.223 e. The van der Waals surface area contributed by atoms with Crippen molar-refractivity contribution in [2.24, 2.45) is 5.92 Å². The molecule has 0 aromatic rings. The van der Waals surface area contributed by atoms with E-state index in [2.05, 4.69) is 10.2 Å². The predicted octanol–water partition coefficient (Wildman–Crippen LogP) is 0.749. The van der Waals surface area contributed by atoms with Crippen molar-refractivity contribution in [1.82, 2.24) is 10.2 Å². The maximum Gasteiger partial charge on any atom is 0.223 e. The Morgan fingerprint density at radius 3 is 2.50 bits per heavy atom. The summed E-state index contributed by atoms with van der Waals surface area (Å²) in [5, 5.41) is 3.36. The lowest BCUT2D eigenvalue weighted by Gasteiger charge is -2.53. The van der Waals surface area contributed by atoms with E-state index in [0.717, 1.165) is 25.4 Å². The Kier molecular flexibility index (Phi) is 2.01. The molecule has 14 heavy (non-hydrogen) atoms. The quantitative estimate of drug-likeness (QED) is 0.703. The van der Waals surface area contributed by atoms with Crippen molar-refractivity contribution >= 4 is 5.91 Å². The van der Waals surface area contributed by atoms with E-state index in [1.54, 1.807) is 0 Å². The van der Waals surface area contributed by atoms with E-state index in [1.807, 2.05) is 0 Å². The lowest BCUT2D eigenvalue weighted by molar-refractivity contribution is -0.149. The van der Waals surface area contributed by atoms with Crippen LogP contribution in [-0.4, -0.2) is 36.0 Å². The molecule has 0 spiro atoms. The van der Waals surface area contributed by atoms with Crippen LogP contribution < -0.4 is 5.32 Å². The number of nitrogens with one attached hydrogen (secondary N) is 1. The van der Waals surface area contributed by atoms with E-state index < -0.39 is 0 Å². The minimum atomic E-state index is 0.428. The Labute approximate surface area is 84.8 Å². The van der Waals surface area contributed by atoms with Gasteiger partial charge in [-0.1, -0.05) is 6.42 Å². The number of piperazine rings is 1. The molecular formula is C11H18N2O. The molecule has 2 saturated heterocycles. The predicted molar refractivity (Wildman–Crippen MR) is 53.9 cm³/mol. The maximum atomic E-state index is 11.9. The van der Waals surface area contributed by atoms with Gasteiger partial charge in [0.15, 0.2) is 0 Å². The number of rotatable bonds is 2. The molecule has 3 nitrogen and oxygen atoms in total. The summed E-state index contributed by atoms with van der Waals surface area (Å²) in [6, 6.07) is 1.06. The molecule has 3 rings (SSSR count). The van der Waals surface area contributed by atoms with Crippen molar-refractivity contribution < 1.29 is 4.79 Å². The van der Waals surface area contributed by atoms with Gasteiger partial charge in [-0.25, -0.2) is 0 Å². The molecule has 3 aliphatic rings. The van der Waals surface area contributed by atoms with Gasteiger partial charge < -0.3 is 10.2 Å². The van der Waals surface area contributed by atoms with E-state index in [-0.39, 0.29) is 0 Å². The molecule has 0 aromatic carbocycles. The molecule has 2 bridgehead atoms. The zero-order valence-electron chi connectivity index (χ0n) is 8.54. The molecule has 1 saturated carbocycles. The lowest BCUT2D eigenvalue weighted by atomic mass is 9.81. The van der Waals surface area contributed by atoms with Crippen LogP contribution in [0.2, 0.25) is 0 Å². The van der Waals surface area contributed by atoms with Crippen molar-refractivity contribution in [3.63, 3.8) is 0 Å². The first-order chi connectivity index (χ1) is 6.84. The van der Waals surface area contributed by atoms with E-state index in [4.69, 9.17) is 0 Å². The third-order valence-electron chi connectivity index (χ3n) is 4.07. The zero-order chi connectivity index (χ0) is 9.54. The minimum absolute atomic E-state index is 0.428. The highest BCUT2D eigenvalue weighted by Crippen LogP contribution is 2.34. The molecule has 3 heteroatoms. The van der Waals surface area contributed by atoms with Crippen LogP contribution in [0.25, 0.3) is 0 Å². The largest absolute Gasteiger partial charge is 0.334 e. The van der Waals surface area contributed by atoms with Crippen molar-refractivity contribution in [3.8, 4) is 0 Å². The van der Waals surface area contributed by atoms with Crippen LogP contribution >= 0.6 is 0 Å². The fourth-order valence-corrected chi connectivity index (χ4v) is 2.94. The Bertz CT molecular complexity index is 236. The van der Waals surface area contributed by atoms with Crippen molar-refractivity contribution in [3.05, 3.63) is 0 Å². The number of piperidine rings is 1. The van der Waals surface area contributed by atoms with E-state index in [1.165, 1.54) is 25.7 Å². The van der Waals surface area contributed by atoms with Gasteiger partial charge in [0, 0.05) is 31.6 Å². The van der Waals surface area contributed by atoms with Crippen LogP contribution in [0.3, 0.4) is 0 Å². The second kappa shape index (κ2) is 3.23. The summed E-state index contributed by atoms with van der Waals surface area (Å²) in [5.74, 6) is 1.15. The number of nitrogens with zero attached hydrogens (tertiary/aromatic N) is 1. The molecule has 2 heterocycles. The highest BCUT2D eigenvalue weighted by molar-refractivity contribution is 5.78. The SMILES string of the molecule is O=C(CC1CCC1)N1[C@@H]2CNC[C@H]1C2. The lowest BCUT2D eigenvalue weighted by Crippen LogP contribution is -2.69. The molecule has 2 aliphatic heterocycles. The fraction of sp³-hybridized carbons (Fsp3) is 0.909. The Morgan fingerprint density at radius 2 is 2.00 bits per heavy atom. The first kappa shape index (κ1) is 8.72. The summed E-state index contributed by atoms with van der Waals surface area (Å²) in [6.07, 6.45) is 5.98. The number of carbonyl (C=O) groups is 1. The normalized spacial score (nSPS) is 36.1. The average Bonchev–Trinajstić information content (AvgIpc) is 2.12. The molecular weight excluding hydrogens is 176 g/mol. The third kappa shape index (κ3) is 1.26. The molecule has 78 valence electrons. The van der Waals surface area contributed by atoms with Crippen molar-refractivity contribution in [1.29, 1.82) is 0 Å². The summed E-state index contributed by atoms with van der Waals surface area (Å²) in [4.78, 5) is 14.1. The van der Waals surface area contributed by atoms with Gasteiger partial charge in [0.25, 0.3) is 0 Å². The molecule has 0 unspecified atom stereocenters. The van der Waals surface area contributed by atoms with Crippen LogP contribution in [0.4, 0.5) is 0 Å². The van der Waals surface area contributed by atoms with Crippen LogP contribution in [0, 0.1) is 5.92 Å². The molecule has 2 atom stereocenters. The van der Waals surface area contributed by atoms with Gasteiger partial charge in [0.1, 0.15) is 0 Å². The Balaban J connectivity index is 1.56. The van der Waals surface area contributed by atoms with Gasteiger partial charge in [-0.05, 0) is 25.2 Å². The van der Waals surface area contributed by atoms with Gasteiger partial charge >= 0.3 is 0 Å². The standard InChI is InChI=1S/C11H18N2O/c14-11(4-8-2-1-3-8)13-9-5-10(13)7-12-6-9/h8-10,12H,1-7H2/t9-,10+. The van der Waals surface area contributed by atoms with E-state index >= 15 is 0 Å². The minimum Gasteiger partial charge on any atom is -0.334 e. The second-order valence-electron chi connectivity index (χ2n) is 5.00. The summed E-state index contributed by atoms with van der Waals surface area (Å²) in [7, 11) is 0. The summed E-state index contributed by atoms with van der Waals surface area (Å²) >= 11 is 0. The van der Waals surface area contributed by atoms with Gasteiger partial charge in [0.05, 0.1) is 0 Å². The number of fused-ring (bicyclic) bond motifs is 2. The van der Waals surface area contributed by atoms with Crippen LogP contribution in [0.1, 0.15) is 32.1 Å². The molecule has 0 aromatic heterocycles. The van der Waals surface area contributed by atoms with Crippen molar-refractivity contribution in [2.75, 3.05) is 13.1 Å². The van der Waals surface area contributed by atoms with Gasteiger partial charge in [-0.3, -0.25) is 4.79 Å². The van der Waals surface area contributed by atoms with Crippen LogP contribution in [0.15, 0.2) is 0 Å². The van der Waals surface area contributed by atoms with Gasteiger partial charge in [-0.2, -0.15) is 0 Å². The number of hydrogen-bond donors (Lipinski definition) is 1. The molecule has 1 aliphatic carbocycles. The molecule has 3 fully saturated rings. The summed E-state index contributed by atoms with van der Waals surface area (Å²) < 4.78 is 0. The average molecular weight is 194 g/mol. The molecule has 1 amide bonds. The van der Waals surface area contributed by atoms with Gasteiger partial charge in [-0.15, -0.1) is 0 Å². The molecule has 1 N–H and O–H groups in total. The highest BCUT2D eigenvalue weighted by atomic mass is 16.2. The van der Waals surface area contributed by atoms with E-state index in [9.17, 15) is 4.79 Å². The fourth-order valence-electron chi connectivity index (χ4n) is 2.94. The monoisotopic (exact) mass is 194 g/mol. The summed E-state index contributed by atoms with van der Waals surface area (Å²) in [5.41, 5.74) is 0. The zero-order valence-corrected chi connectivity index (χ0v) is 8.54. The second-order valence-corrected chi connectivity index (χ2v) is 5.00. The van der Waals surface area contributed by atoms with E-state index in [0.29, 0.717) is 18.0 Å². The van der Waals surface area contributed by atoms with Gasteiger partial charge in [0.2, 0.25) is 5.91 Å². The maximum absolute atomic E-state index is 11.9. The number of hydrogen-bond acceptors (Lipinski definition) is 2. The number of carbonyl (C=O) groups excluding carboxylic acids is 1. The van der Waals surface area contributed by atoms with Crippen LogP contribution in [-0.2, 0) is 4.79 Å². The van der Waals surface area contributed by atoms with Crippen molar-refractivity contribution in [2.45, 2.75) is 44.2 Å². The number of amides is 1. The first-order valence-corrected chi connectivity index (χ1v) is 5.86. The Morgan fingerprint density at radius 1 is 1.29 bits per heavy atom. The third-order valence-corrected chi connectivity index (χ3v) is 4.07. The Hall–Kier alpha value is -0.570.